The summed E-state index contributed by atoms with van der Waals surface area (Å²) in [5.74, 6) is 1.80. The molecule has 0 radical (unpaired) electrons. The second-order valence-corrected chi connectivity index (χ2v) is 5.07. The van der Waals surface area contributed by atoms with E-state index in [1.807, 2.05) is 18.2 Å². The number of rotatable bonds is 6. The first-order chi connectivity index (χ1) is 10.7. The van der Waals surface area contributed by atoms with Gasteiger partial charge in [-0.1, -0.05) is 37.3 Å². The molecule has 6 nitrogen and oxygen atoms in total. The number of aryl methyl sites for hydroxylation is 1. The number of hydrogen-bond acceptors (Lipinski definition) is 3. The van der Waals surface area contributed by atoms with E-state index in [0.717, 1.165) is 31.3 Å². The molecule has 1 heterocycles. The molecule has 0 bridgehead atoms. The van der Waals surface area contributed by atoms with Crippen molar-refractivity contribution in [2.45, 2.75) is 32.9 Å². The molecule has 0 spiro atoms. The highest BCUT2D eigenvalue weighted by Crippen LogP contribution is 2.10. The number of nitrogens with zero attached hydrogens (tertiary/aromatic N) is 4. The highest BCUT2D eigenvalue weighted by molar-refractivity contribution is 14.0. The number of guanidine groups is 1. The van der Waals surface area contributed by atoms with Crippen LogP contribution in [-0.2, 0) is 13.0 Å². The molecule has 1 aromatic heterocycles. The van der Waals surface area contributed by atoms with E-state index >= 15 is 0 Å². The number of benzene rings is 1. The number of hydrogen-bond donors (Lipinski definition) is 2. The van der Waals surface area contributed by atoms with E-state index in [0.29, 0.717) is 0 Å². The van der Waals surface area contributed by atoms with Crippen LogP contribution >= 0.6 is 24.0 Å². The van der Waals surface area contributed by atoms with Crippen LogP contribution in [0.1, 0.15) is 31.3 Å². The van der Waals surface area contributed by atoms with Gasteiger partial charge in [-0.15, -0.1) is 34.2 Å². The first kappa shape index (κ1) is 19.4. The van der Waals surface area contributed by atoms with Crippen molar-refractivity contribution in [2.75, 3.05) is 13.6 Å². The third-order valence-corrected chi connectivity index (χ3v) is 3.53. The molecule has 1 aromatic carbocycles. The SMILES string of the molecule is CCc1nncn1CCNC(=NC)NC(C)c1ccccc1.I. The highest BCUT2D eigenvalue weighted by Gasteiger charge is 2.07. The lowest BCUT2D eigenvalue weighted by Crippen LogP contribution is -2.40. The molecule has 0 aliphatic rings. The molecular weight excluding hydrogens is 403 g/mol. The molecule has 2 rings (SSSR count). The minimum absolute atomic E-state index is 0. The van der Waals surface area contributed by atoms with Crippen molar-refractivity contribution in [2.24, 2.45) is 4.99 Å². The van der Waals surface area contributed by atoms with Gasteiger partial charge >= 0.3 is 0 Å². The van der Waals surface area contributed by atoms with Crippen LogP contribution in [0.5, 0.6) is 0 Å². The van der Waals surface area contributed by atoms with Gasteiger partial charge in [0.2, 0.25) is 0 Å². The third-order valence-electron chi connectivity index (χ3n) is 3.53. The topological polar surface area (TPSA) is 67.1 Å². The van der Waals surface area contributed by atoms with Crippen LogP contribution in [0.4, 0.5) is 0 Å². The Labute approximate surface area is 154 Å². The lowest BCUT2D eigenvalue weighted by Gasteiger charge is -2.18. The first-order valence-electron chi connectivity index (χ1n) is 7.63. The Hall–Kier alpha value is -1.64. The summed E-state index contributed by atoms with van der Waals surface area (Å²) in [5.41, 5.74) is 1.23. The number of aromatic nitrogens is 3. The summed E-state index contributed by atoms with van der Waals surface area (Å²) in [6, 6.07) is 10.5. The van der Waals surface area contributed by atoms with Gasteiger partial charge in [0.15, 0.2) is 5.96 Å². The minimum atomic E-state index is 0. The second-order valence-electron chi connectivity index (χ2n) is 5.07. The summed E-state index contributed by atoms with van der Waals surface area (Å²) in [6.45, 7) is 5.79. The molecular formula is C16H25IN6. The number of aliphatic imine (C=N–C) groups is 1. The summed E-state index contributed by atoms with van der Waals surface area (Å²) < 4.78 is 2.06. The molecule has 0 aliphatic carbocycles. The third kappa shape index (κ3) is 5.81. The lowest BCUT2D eigenvalue weighted by atomic mass is 10.1. The zero-order valence-corrected chi connectivity index (χ0v) is 16.2. The van der Waals surface area contributed by atoms with Crippen LogP contribution in [0.15, 0.2) is 41.7 Å². The van der Waals surface area contributed by atoms with Crippen molar-refractivity contribution in [1.29, 1.82) is 0 Å². The average molecular weight is 428 g/mol. The lowest BCUT2D eigenvalue weighted by molar-refractivity contribution is 0.620. The smallest absolute Gasteiger partial charge is 0.191 e. The molecule has 0 fully saturated rings. The minimum Gasteiger partial charge on any atom is -0.355 e. The fourth-order valence-corrected chi connectivity index (χ4v) is 2.26. The molecule has 0 amide bonds. The van der Waals surface area contributed by atoms with Gasteiger partial charge < -0.3 is 15.2 Å². The molecule has 0 aliphatic heterocycles. The van der Waals surface area contributed by atoms with Crippen molar-refractivity contribution in [3.8, 4) is 0 Å². The van der Waals surface area contributed by atoms with E-state index in [2.05, 4.69) is 56.4 Å². The maximum atomic E-state index is 4.27. The Balaban J connectivity index is 0.00000264. The summed E-state index contributed by atoms with van der Waals surface area (Å²) in [7, 11) is 1.78. The van der Waals surface area contributed by atoms with E-state index in [1.54, 1.807) is 13.4 Å². The first-order valence-corrected chi connectivity index (χ1v) is 7.63. The van der Waals surface area contributed by atoms with Crippen molar-refractivity contribution in [3.63, 3.8) is 0 Å². The van der Waals surface area contributed by atoms with Gasteiger partial charge in [-0.3, -0.25) is 4.99 Å². The molecule has 126 valence electrons. The van der Waals surface area contributed by atoms with Gasteiger partial charge in [-0.2, -0.15) is 0 Å². The fraction of sp³-hybridized carbons (Fsp3) is 0.438. The predicted octanol–water partition coefficient (Wildman–Crippen LogP) is 2.38. The number of halogens is 1. The van der Waals surface area contributed by atoms with Crippen LogP contribution in [0.25, 0.3) is 0 Å². The van der Waals surface area contributed by atoms with Crippen molar-refractivity contribution in [1.82, 2.24) is 25.4 Å². The van der Waals surface area contributed by atoms with E-state index in [4.69, 9.17) is 0 Å². The van der Waals surface area contributed by atoms with Gasteiger partial charge in [0.05, 0.1) is 6.04 Å². The molecule has 2 N–H and O–H groups in total. The zero-order chi connectivity index (χ0) is 15.8. The van der Waals surface area contributed by atoms with Crippen molar-refractivity contribution in [3.05, 3.63) is 48.0 Å². The molecule has 23 heavy (non-hydrogen) atoms. The summed E-state index contributed by atoms with van der Waals surface area (Å²) in [5, 5.41) is 14.7. The van der Waals surface area contributed by atoms with E-state index < -0.39 is 0 Å². The molecule has 1 atom stereocenters. The van der Waals surface area contributed by atoms with Crippen LogP contribution in [0, 0.1) is 0 Å². The van der Waals surface area contributed by atoms with E-state index in [9.17, 15) is 0 Å². The Bertz CT molecular complexity index is 596. The second kappa shape index (κ2) is 10.2. The predicted molar refractivity (Wildman–Crippen MR) is 104 cm³/mol. The van der Waals surface area contributed by atoms with Crippen molar-refractivity contribution >= 4 is 29.9 Å². The molecule has 0 saturated carbocycles. The van der Waals surface area contributed by atoms with Gasteiger partial charge in [-0.05, 0) is 12.5 Å². The quantitative estimate of drug-likeness (QED) is 0.421. The summed E-state index contributed by atoms with van der Waals surface area (Å²) in [6.07, 6.45) is 2.65. The Kier molecular flexibility index (Phi) is 8.60. The Morgan fingerprint density at radius 1 is 1.30 bits per heavy atom. The zero-order valence-electron chi connectivity index (χ0n) is 13.9. The Morgan fingerprint density at radius 2 is 2.04 bits per heavy atom. The maximum Gasteiger partial charge on any atom is 0.191 e. The monoisotopic (exact) mass is 428 g/mol. The molecule has 2 aromatic rings. The average Bonchev–Trinajstić information content (AvgIpc) is 3.02. The van der Waals surface area contributed by atoms with Gasteiger partial charge in [0, 0.05) is 26.6 Å². The van der Waals surface area contributed by atoms with Crippen molar-refractivity contribution < 1.29 is 0 Å². The highest BCUT2D eigenvalue weighted by atomic mass is 127. The van der Waals surface area contributed by atoms with Crippen LogP contribution in [0.2, 0.25) is 0 Å². The summed E-state index contributed by atoms with van der Waals surface area (Å²) in [4.78, 5) is 4.27. The summed E-state index contributed by atoms with van der Waals surface area (Å²) >= 11 is 0. The normalized spacial score (nSPS) is 12.4. The Morgan fingerprint density at radius 3 is 2.70 bits per heavy atom. The maximum absolute atomic E-state index is 4.27. The van der Waals surface area contributed by atoms with E-state index in [1.165, 1.54) is 5.56 Å². The van der Waals surface area contributed by atoms with Gasteiger partial charge in [0.1, 0.15) is 12.2 Å². The van der Waals surface area contributed by atoms with Gasteiger partial charge in [-0.25, -0.2) is 0 Å². The molecule has 0 saturated heterocycles. The standard InChI is InChI=1S/C16H24N6.HI/c1-4-15-21-19-12-22(15)11-10-18-16(17-3)20-13(2)14-8-6-5-7-9-14;/h5-9,12-13H,4,10-11H2,1-3H3,(H2,17,18,20);1H. The molecule has 1 unspecified atom stereocenters. The van der Waals surface area contributed by atoms with E-state index in [-0.39, 0.29) is 30.0 Å². The van der Waals surface area contributed by atoms with Gasteiger partial charge in [0.25, 0.3) is 0 Å². The van der Waals surface area contributed by atoms with Crippen LogP contribution < -0.4 is 10.6 Å². The fourth-order valence-electron chi connectivity index (χ4n) is 2.26. The van der Waals surface area contributed by atoms with Crippen LogP contribution in [-0.4, -0.2) is 34.3 Å². The van der Waals surface area contributed by atoms with Crippen LogP contribution in [0.3, 0.4) is 0 Å². The molecule has 7 heteroatoms. The number of nitrogens with one attached hydrogen (secondary N) is 2. The largest absolute Gasteiger partial charge is 0.355 e.